The van der Waals surface area contributed by atoms with Gasteiger partial charge in [-0.25, -0.2) is 0 Å². The first-order valence-corrected chi connectivity index (χ1v) is 7.85. The molecule has 0 aliphatic carbocycles. The van der Waals surface area contributed by atoms with Crippen molar-refractivity contribution in [2.24, 2.45) is 17.6 Å². The summed E-state index contributed by atoms with van der Waals surface area (Å²) >= 11 is 0. The van der Waals surface area contributed by atoms with Crippen LogP contribution in [-0.4, -0.2) is 29.0 Å². The molecule has 1 aromatic rings. The molecular weight excluding hydrogens is 246 g/mol. The van der Waals surface area contributed by atoms with E-state index in [1.165, 1.54) is 5.56 Å². The van der Waals surface area contributed by atoms with Crippen molar-refractivity contribution in [3.8, 4) is 0 Å². The number of nitrogens with two attached hydrogens (primary N) is 1. The fourth-order valence-electron chi connectivity index (χ4n) is 2.75. The second-order valence-corrected chi connectivity index (χ2v) is 6.54. The highest BCUT2D eigenvalue weighted by Gasteiger charge is 2.26. The van der Waals surface area contributed by atoms with Gasteiger partial charge in [0, 0.05) is 37.6 Å². The molecule has 2 unspecified atom stereocenters. The maximum absolute atomic E-state index is 6.44. The molecule has 20 heavy (non-hydrogen) atoms. The zero-order valence-corrected chi connectivity index (χ0v) is 13.7. The summed E-state index contributed by atoms with van der Waals surface area (Å²) in [5.74, 6) is 1.28. The third-order valence-electron chi connectivity index (χ3n) is 3.52. The summed E-state index contributed by atoms with van der Waals surface area (Å²) in [6.07, 6.45) is 4.72. The second-order valence-electron chi connectivity index (χ2n) is 6.54. The highest BCUT2D eigenvalue weighted by molar-refractivity contribution is 5.17. The van der Waals surface area contributed by atoms with Crippen molar-refractivity contribution in [2.45, 2.75) is 53.1 Å². The van der Waals surface area contributed by atoms with Crippen LogP contribution in [0.25, 0.3) is 0 Å². The molecular formula is C17H31N3. The van der Waals surface area contributed by atoms with Gasteiger partial charge in [0.15, 0.2) is 0 Å². The molecule has 1 heterocycles. The van der Waals surface area contributed by atoms with Crippen molar-refractivity contribution in [3.63, 3.8) is 0 Å². The number of nitrogens with zero attached hydrogens (tertiary/aromatic N) is 2. The molecule has 3 heteroatoms. The fraction of sp³-hybridized carbons (Fsp3) is 0.706. The highest BCUT2D eigenvalue weighted by Crippen LogP contribution is 2.26. The predicted octanol–water partition coefficient (Wildman–Crippen LogP) is 3.47. The monoisotopic (exact) mass is 277 g/mol. The van der Waals surface area contributed by atoms with Gasteiger partial charge in [-0.3, -0.25) is 9.88 Å². The van der Waals surface area contributed by atoms with E-state index in [9.17, 15) is 0 Å². The summed E-state index contributed by atoms with van der Waals surface area (Å²) in [5, 5.41) is 0. The molecule has 3 nitrogen and oxygen atoms in total. The Morgan fingerprint density at radius 1 is 1.05 bits per heavy atom. The molecule has 1 rings (SSSR count). The van der Waals surface area contributed by atoms with Gasteiger partial charge in [0.1, 0.15) is 0 Å². The third-order valence-corrected chi connectivity index (χ3v) is 3.52. The van der Waals surface area contributed by atoms with Crippen LogP contribution in [-0.2, 0) is 0 Å². The van der Waals surface area contributed by atoms with Crippen LogP contribution in [0.3, 0.4) is 0 Å². The lowest BCUT2D eigenvalue weighted by atomic mass is 9.95. The summed E-state index contributed by atoms with van der Waals surface area (Å²) in [6, 6.07) is 4.66. The van der Waals surface area contributed by atoms with Gasteiger partial charge < -0.3 is 5.73 Å². The second kappa shape index (κ2) is 8.38. The number of hydrogen-bond donors (Lipinski definition) is 1. The van der Waals surface area contributed by atoms with E-state index >= 15 is 0 Å². The van der Waals surface area contributed by atoms with Crippen molar-refractivity contribution >= 4 is 0 Å². The number of rotatable bonds is 8. The van der Waals surface area contributed by atoms with Crippen LogP contribution in [0.1, 0.15) is 52.6 Å². The Morgan fingerprint density at radius 3 is 1.95 bits per heavy atom. The van der Waals surface area contributed by atoms with Gasteiger partial charge in [-0.05, 0) is 36.0 Å². The molecule has 0 aromatic carbocycles. The standard InChI is InChI=1S/C17H31N3/c1-6-16(18)17(15-7-9-19-10-8-15)20(11-13(2)3)12-14(4)5/h7-10,13-14,16-17H,6,11-12,18H2,1-5H3. The molecule has 0 amide bonds. The Balaban J connectivity index is 3.04. The minimum atomic E-state index is 0.162. The molecule has 0 aliphatic rings. The van der Waals surface area contributed by atoms with Crippen LogP contribution < -0.4 is 5.73 Å². The highest BCUT2D eigenvalue weighted by atomic mass is 15.2. The van der Waals surface area contributed by atoms with Crippen molar-refractivity contribution in [1.82, 2.24) is 9.88 Å². The van der Waals surface area contributed by atoms with Gasteiger partial charge in [0.25, 0.3) is 0 Å². The van der Waals surface area contributed by atoms with Crippen LogP contribution in [0.15, 0.2) is 24.5 Å². The van der Waals surface area contributed by atoms with E-state index in [1.54, 1.807) is 0 Å². The van der Waals surface area contributed by atoms with E-state index in [2.05, 4.69) is 56.6 Å². The van der Waals surface area contributed by atoms with Gasteiger partial charge in [-0.2, -0.15) is 0 Å². The molecule has 2 atom stereocenters. The summed E-state index contributed by atoms with van der Waals surface area (Å²) in [7, 11) is 0. The van der Waals surface area contributed by atoms with Gasteiger partial charge in [-0.1, -0.05) is 34.6 Å². The first kappa shape index (κ1) is 17.1. The summed E-state index contributed by atoms with van der Waals surface area (Å²) in [5.41, 5.74) is 7.73. The molecule has 0 aliphatic heterocycles. The Kier molecular flexibility index (Phi) is 7.17. The average Bonchev–Trinajstić information content (AvgIpc) is 2.38. The third kappa shape index (κ3) is 5.22. The molecule has 2 N–H and O–H groups in total. The summed E-state index contributed by atoms with van der Waals surface area (Å²) in [6.45, 7) is 13.4. The van der Waals surface area contributed by atoms with E-state index < -0.39 is 0 Å². The molecule has 0 saturated heterocycles. The fourth-order valence-corrected chi connectivity index (χ4v) is 2.75. The molecule has 0 bridgehead atoms. The SMILES string of the molecule is CCC(N)C(c1ccncc1)N(CC(C)C)CC(C)C. The predicted molar refractivity (Wildman–Crippen MR) is 86.5 cm³/mol. The maximum atomic E-state index is 6.44. The topological polar surface area (TPSA) is 42.1 Å². The first-order valence-electron chi connectivity index (χ1n) is 7.85. The molecule has 0 radical (unpaired) electrons. The molecule has 0 saturated carbocycles. The quantitative estimate of drug-likeness (QED) is 0.791. The van der Waals surface area contributed by atoms with Gasteiger partial charge in [-0.15, -0.1) is 0 Å². The van der Waals surface area contributed by atoms with Gasteiger partial charge in [0.2, 0.25) is 0 Å². The number of hydrogen-bond acceptors (Lipinski definition) is 3. The van der Waals surface area contributed by atoms with Crippen molar-refractivity contribution in [1.29, 1.82) is 0 Å². The largest absolute Gasteiger partial charge is 0.326 e. The number of pyridine rings is 1. The normalized spacial score (nSPS) is 15.1. The van der Waals surface area contributed by atoms with Crippen molar-refractivity contribution in [2.75, 3.05) is 13.1 Å². The van der Waals surface area contributed by atoms with E-state index in [1.807, 2.05) is 12.4 Å². The van der Waals surface area contributed by atoms with Crippen LogP contribution in [0.2, 0.25) is 0 Å². The zero-order valence-electron chi connectivity index (χ0n) is 13.7. The Morgan fingerprint density at radius 2 is 1.55 bits per heavy atom. The summed E-state index contributed by atoms with van der Waals surface area (Å²) < 4.78 is 0. The van der Waals surface area contributed by atoms with Crippen LogP contribution in [0.4, 0.5) is 0 Å². The summed E-state index contributed by atoms with van der Waals surface area (Å²) in [4.78, 5) is 6.69. The smallest absolute Gasteiger partial charge is 0.0500 e. The van der Waals surface area contributed by atoms with Gasteiger partial charge in [0.05, 0.1) is 0 Å². The van der Waals surface area contributed by atoms with Crippen molar-refractivity contribution < 1.29 is 0 Å². The maximum Gasteiger partial charge on any atom is 0.0500 e. The molecule has 0 spiro atoms. The number of aromatic nitrogens is 1. The molecule has 114 valence electrons. The lowest BCUT2D eigenvalue weighted by Crippen LogP contribution is -2.44. The van der Waals surface area contributed by atoms with E-state index in [4.69, 9.17) is 5.73 Å². The van der Waals surface area contributed by atoms with E-state index in [0.29, 0.717) is 11.8 Å². The molecule has 1 aromatic heterocycles. The molecule has 0 fully saturated rings. The van der Waals surface area contributed by atoms with E-state index in [0.717, 1.165) is 19.5 Å². The Hall–Kier alpha value is -0.930. The minimum absolute atomic E-state index is 0.162. The zero-order chi connectivity index (χ0) is 15.1. The minimum Gasteiger partial charge on any atom is -0.326 e. The van der Waals surface area contributed by atoms with Crippen molar-refractivity contribution in [3.05, 3.63) is 30.1 Å². The first-order chi connectivity index (χ1) is 9.45. The Labute approximate surface area is 124 Å². The van der Waals surface area contributed by atoms with Crippen LogP contribution in [0.5, 0.6) is 0 Å². The van der Waals surface area contributed by atoms with Crippen LogP contribution in [0, 0.1) is 11.8 Å². The van der Waals surface area contributed by atoms with Gasteiger partial charge >= 0.3 is 0 Å². The van der Waals surface area contributed by atoms with Crippen LogP contribution >= 0.6 is 0 Å². The lowest BCUT2D eigenvalue weighted by Gasteiger charge is -2.37. The average molecular weight is 277 g/mol. The lowest BCUT2D eigenvalue weighted by molar-refractivity contribution is 0.134. The Bertz CT molecular complexity index is 352. The van der Waals surface area contributed by atoms with E-state index in [-0.39, 0.29) is 12.1 Å².